The van der Waals surface area contributed by atoms with Crippen LogP contribution in [0.1, 0.15) is 25.8 Å². The second kappa shape index (κ2) is 5.96. The first-order valence-electron chi connectivity index (χ1n) is 5.35. The number of benzene rings is 1. The van der Waals surface area contributed by atoms with Crippen molar-refractivity contribution in [3.8, 4) is 0 Å². The summed E-state index contributed by atoms with van der Waals surface area (Å²) in [5, 5.41) is 0. The molecule has 0 amide bonds. The smallest absolute Gasteiger partial charge is 0.145 e. The van der Waals surface area contributed by atoms with Gasteiger partial charge in [0.25, 0.3) is 0 Å². The molecule has 1 aromatic carbocycles. The number of carbonyl (C=O) groups excluding carboxylic acids is 1. The summed E-state index contributed by atoms with van der Waals surface area (Å²) in [6, 6.07) is 8.31. The molecule has 0 aliphatic heterocycles. The van der Waals surface area contributed by atoms with E-state index in [9.17, 15) is 4.79 Å². The number of carbonyl (C=O) groups is 1. The summed E-state index contributed by atoms with van der Waals surface area (Å²) in [6.45, 7) is 6.12. The highest BCUT2D eigenvalue weighted by Crippen LogP contribution is 2.19. The van der Waals surface area contributed by atoms with Gasteiger partial charge in [-0.15, -0.1) is 11.8 Å². The van der Waals surface area contributed by atoms with Gasteiger partial charge < -0.3 is 0 Å². The molecule has 0 bridgehead atoms. The molecule has 0 aromatic heterocycles. The van der Waals surface area contributed by atoms with Crippen LogP contribution < -0.4 is 0 Å². The zero-order valence-corrected chi connectivity index (χ0v) is 10.4. The van der Waals surface area contributed by atoms with Crippen LogP contribution in [-0.4, -0.2) is 11.5 Å². The number of rotatable bonds is 5. The molecule has 1 aromatic rings. The fraction of sp³-hybridized carbons (Fsp3) is 0.462. The van der Waals surface area contributed by atoms with E-state index in [-0.39, 0.29) is 5.92 Å². The monoisotopic (exact) mass is 222 g/mol. The van der Waals surface area contributed by atoms with E-state index in [0.717, 1.165) is 6.42 Å². The Kier molecular flexibility index (Phi) is 4.89. The number of ketones is 1. The number of Topliss-reactive ketones (excluding diaryl/α,β-unsaturated/α-hetero) is 1. The maximum atomic E-state index is 11.6. The number of thioether (sulfide) groups is 1. The summed E-state index contributed by atoms with van der Waals surface area (Å²) in [7, 11) is 0. The summed E-state index contributed by atoms with van der Waals surface area (Å²) in [6.07, 6.45) is 0.938. The Labute approximate surface area is 96.3 Å². The van der Waals surface area contributed by atoms with Crippen LogP contribution in [0.3, 0.4) is 0 Å². The van der Waals surface area contributed by atoms with E-state index >= 15 is 0 Å². The van der Waals surface area contributed by atoms with Crippen LogP contribution in [-0.2, 0) is 4.79 Å². The third-order valence-corrected chi connectivity index (χ3v) is 3.60. The molecule has 0 heterocycles. The Hall–Kier alpha value is -0.760. The molecule has 82 valence electrons. The van der Waals surface area contributed by atoms with E-state index in [0.29, 0.717) is 11.5 Å². The van der Waals surface area contributed by atoms with E-state index in [4.69, 9.17) is 0 Å². The highest BCUT2D eigenvalue weighted by molar-refractivity contribution is 8.00. The van der Waals surface area contributed by atoms with Crippen LogP contribution in [0.4, 0.5) is 0 Å². The summed E-state index contributed by atoms with van der Waals surface area (Å²) in [4.78, 5) is 12.8. The zero-order chi connectivity index (χ0) is 11.3. The molecule has 0 saturated carbocycles. The molecule has 0 radical (unpaired) electrons. The van der Waals surface area contributed by atoms with Crippen molar-refractivity contribution in [3.63, 3.8) is 0 Å². The van der Waals surface area contributed by atoms with E-state index in [1.807, 2.05) is 6.92 Å². The Bertz CT molecular complexity index is 316. The molecular formula is C13H18OS. The highest BCUT2D eigenvalue weighted by atomic mass is 32.2. The molecule has 1 rings (SSSR count). The van der Waals surface area contributed by atoms with Gasteiger partial charge in [-0.3, -0.25) is 4.79 Å². The van der Waals surface area contributed by atoms with Crippen molar-refractivity contribution in [2.75, 3.05) is 5.75 Å². The van der Waals surface area contributed by atoms with Gasteiger partial charge in [0.2, 0.25) is 0 Å². The molecule has 2 heteroatoms. The van der Waals surface area contributed by atoms with Gasteiger partial charge in [-0.2, -0.15) is 0 Å². The minimum absolute atomic E-state index is 0.197. The van der Waals surface area contributed by atoms with Crippen LogP contribution in [0.25, 0.3) is 0 Å². The highest BCUT2D eigenvalue weighted by Gasteiger charge is 2.10. The predicted octanol–water partition coefficient (Wildman–Crippen LogP) is 3.70. The topological polar surface area (TPSA) is 17.1 Å². The summed E-state index contributed by atoms with van der Waals surface area (Å²) in [5.41, 5.74) is 1.26. The quantitative estimate of drug-likeness (QED) is 0.707. The SMILES string of the molecule is CCC(C)C(=O)CSc1ccc(C)cc1. The van der Waals surface area contributed by atoms with Crippen LogP contribution in [0.15, 0.2) is 29.2 Å². The first kappa shape index (κ1) is 12.3. The van der Waals surface area contributed by atoms with Crippen molar-refractivity contribution in [1.29, 1.82) is 0 Å². The molecule has 1 atom stereocenters. The molecule has 1 nitrogen and oxygen atoms in total. The van der Waals surface area contributed by atoms with E-state index in [1.54, 1.807) is 11.8 Å². The van der Waals surface area contributed by atoms with Gasteiger partial charge in [0.1, 0.15) is 5.78 Å². The van der Waals surface area contributed by atoms with Crippen molar-refractivity contribution in [3.05, 3.63) is 29.8 Å². The van der Waals surface area contributed by atoms with Gasteiger partial charge in [-0.1, -0.05) is 31.5 Å². The third-order valence-electron chi connectivity index (χ3n) is 2.56. The predicted molar refractivity (Wildman–Crippen MR) is 66.4 cm³/mol. The molecule has 0 saturated heterocycles. The van der Waals surface area contributed by atoms with E-state index < -0.39 is 0 Å². The molecule has 0 spiro atoms. The molecule has 1 unspecified atom stereocenters. The van der Waals surface area contributed by atoms with Crippen molar-refractivity contribution in [1.82, 2.24) is 0 Å². The molecule has 0 N–H and O–H groups in total. The Morgan fingerprint density at radius 2 is 1.93 bits per heavy atom. The lowest BCUT2D eigenvalue weighted by atomic mass is 10.1. The average Bonchev–Trinajstić information content (AvgIpc) is 2.26. The van der Waals surface area contributed by atoms with Crippen molar-refractivity contribution >= 4 is 17.5 Å². The summed E-state index contributed by atoms with van der Waals surface area (Å²) in [5.74, 6) is 1.14. The van der Waals surface area contributed by atoms with Crippen LogP contribution in [0, 0.1) is 12.8 Å². The van der Waals surface area contributed by atoms with Crippen LogP contribution in [0.2, 0.25) is 0 Å². The second-order valence-corrected chi connectivity index (χ2v) is 4.93. The van der Waals surface area contributed by atoms with Crippen LogP contribution >= 0.6 is 11.8 Å². The fourth-order valence-corrected chi connectivity index (χ4v) is 2.08. The first-order chi connectivity index (χ1) is 7.13. The first-order valence-corrected chi connectivity index (χ1v) is 6.34. The van der Waals surface area contributed by atoms with Crippen molar-refractivity contribution in [2.24, 2.45) is 5.92 Å². The van der Waals surface area contributed by atoms with Gasteiger partial charge in [-0.05, 0) is 25.5 Å². The maximum Gasteiger partial charge on any atom is 0.145 e. The van der Waals surface area contributed by atoms with Gasteiger partial charge in [0.15, 0.2) is 0 Å². The maximum absolute atomic E-state index is 11.6. The fourth-order valence-electron chi connectivity index (χ4n) is 1.16. The average molecular weight is 222 g/mol. The number of aryl methyl sites for hydroxylation is 1. The minimum atomic E-state index is 0.197. The van der Waals surface area contributed by atoms with Crippen LogP contribution in [0.5, 0.6) is 0 Å². The Morgan fingerprint density at radius 3 is 2.47 bits per heavy atom. The molecular weight excluding hydrogens is 204 g/mol. The van der Waals surface area contributed by atoms with Crippen molar-refractivity contribution < 1.29 is 4.79 Å². The van der Waals surface area contributed by atoms with Gasteiger partial charge >= 0.3 is 0 Å². The minimum Gasteiger partial charge on any atom is -0.298 e. The Balaban J connectivity index is 2.43. The summed E-state index contributed by atoms with van der Waals surface area (Å²) >= 11 is 1.63. The molecule has 0 aliphatic carbocycles. The van der Waals surface area contributed by atoms with E-state index in [2.05, 4.69) is 38.1 Å². The molecule has 0 fully saturated rings. The lowest BCUT2D eigenvalue weighted by Gasteiger charge is -2.06. The van der Waals surface area contributed by atoms with Gasteiger partial charge in [0, 0.05) is 10.8 Å². The molecule has 0 aliphatic rings. The van der Waals surface area contributed by atoms with E-state index in [1.165, 1.54) is 10.5 Å². The lowest BCUT2D eigenvalue weighted by molar-refractivity contribution is -0.119. The normalized spacial score (nSPS) is 12.5. The second-order valence-electron chi connectivity index (χ2n) is 3.88. The standard InChI is InChI=1S/C13H18OS/c1-4-11(3)13(14)9-15-12-7-5-10(2)6-8-12/h5-8,11H,4,9H2,1-3H3. The number of hydrogen-bond acceptors (Lipinski definition) is 2. The number of hydrogen-bond donors (Lipinski definition) is 0. The van der Waals surface area contributed by atoms with Crippen molar-refractivity contribution in [2.45, 2.75) is 32.1 Å². The zero-order valence-electron chi connectivity index (χ0n) is 9.62. The largest absolute Gasteiger partial charge is 0.298 e. The molecule has 15 heavy (non-hydrogen) atoms. The van der Waals surface area contributed by atoms with Gasteiger partial charge in [0.05, 0.1) is 5.75 Å². The summed E-state index contributed by atoms with van der Waals surface area (Å²) < 4.78 is 0. The lowest BCUT2D eigenvalue weighted by Crippen LogP contribution is -2.11. The third kappa shape index (κ3) is 4.08. The Morgan fingerprint density at radius 1 is 1.33 bits per heavy atom. The van der Waals surface area contributed by atoms with Gasteiger partial charge in [-0.25, -0.2) is 0 Å².